The molecule has 3 aromatic carbocycles. The predicted molar refractivity (Wildman–Crippen MR) is 99.1 cm³/mol. The van der Waals surface area contributed by atoms with Crippen molar-refractivity contribution in [1.82, 2.24) is 4.98 Å². The van der Waals surface area contributed by atoms with E-state index in [2.05, 4.69) is 20.9 Å². The summed E-state index contributed by atoms with van der Waals surface area (Å²) in [6.45, 7) is 0. The average Bonchev–Trinajstić information content (AvgIpc) is 2.96. The first kappa shape index (κ1) is 14.8. The molecule has 4 aromatic rings. The maximum Gasteiger partial charge on any atom is 0.227 e. The molecule has 3 nitrogen and oxygen atoms in total. The fourth-order valence-corrected chi connectivity index (χ4v) is 3.56. The Kier molecular flexibility index (Phi) is 3.48. The van der Waals surface area contributed by atoms with Crippen LogP contribution in [0.1, 0.15) is 0 Å². The topological polar surface area (TPSA) is 52.0 Å². The van der Waals surface area contributed by atoms with Gasteiger partial charge in [0.05, 0.1) is 15.7 Å². The third-order valence-corrected chi connectivity index (χ3v) is 5.10. The van der Waals surface area contributed by atoms with Crippen molar-refractivity contribution in [2.45, 2.75) is 0 Å². The highest BCUT2D eigenvalue weighted by atomic mass is 79.9. The van der Waals surface area contributed by atoms with Gasteiger partial charge >= 0.3 is 0 Å². The molecular formula is C17H9BrCl2N2O. The van der Waals surface area contributed by atoms with E-state index in [9.17, 15) is 0 Å². The SMILES string of the molecule is Nc1c(Cl)cc2oc(-c3cccc4c(Br)cccc34)nc2c1Cl. The number of rotatable bonds is 1. The molecule has 0 atom stereocenters. The van der Waals surface area contributed by atoms with E-state index in [4.69, 9.17) is 33.4 Å². The van der Waals surface area contributed by atoms with Crippen LogP contribution in [0.2, 0.25) is 10.0 Å². The molecule has 1 aromatic heterocycles. The first-order valence-electron chi connectivity index (χ1n) is 6.78. The minimum Gasteiger partial charge on any atom is -0.436 e. The normalized spacial score (nSPS) is 11.4. The number of hydrogen-bond acceptors (Lipinski definition) is 3. The van der Waals surface area contributed by atoms with E-state index in [1.807, 2.05) is 36.4 Å². The molecule has 0 amide bonds. The molecule has 1 heterocycles. The van der Waals surface area contributed by atoms with Gasteiger partial charge in [0.1, 0.15) is 5.52 Å². The molecular weight excluding hydrogens is 399 g/mol. The van der Waals surface area contributed by atoms with Crippen LogP contribution in [0, 0.1) is 0 Å². The number of hydrogen-bond donors (Lipinski definition) is 1. The second-order valence-corrected chi connectivity index (χ2v) is 6.73. The molecule has 0 spiro atoms. The number of nitrogens with two attached hydrogens (primary N) is 1. The molecule has 23 heavy (non-hydrogen) atoms. The zero-order chi connectivity index (χ0) is 16.1. The highest BCUT2D eigenvalue weighted by Crippen LogP contribution is 2.39. The number of halogens is 3. The van der Waals surface area contributed by atoms with Gasteiger partial charge in [-0.15, -0.1) is 0 Å². The zero-order valence-corrected chi connectivity index (χ0v) is 14.7. The van der Waals surface area contributed by atoms with Crippen molar-refractivity contribution in [1.29, 1.82) is 0 Å². The Balaban J connectivity index is 2.04. The summed E-state index contributed by atoms with van der Waals surface area (Å²) in [5, 5.41) is 2.77. The summed E-state index contributed by atoms with van der Waals surface area (Å²) < 4.78 is 6.88. The van der Waals surface area contributed by atoms with Gasteiger partial charge in [-0.3, -0.25) is 0 Å². The summed E-state index contributed by atoms with van der Waals surface area (Å²) in [6, 6.07) is 13.6. The van der Waals surface area contributed by atoms with E-state index in [0.717, 1.165) is 20.8 Å². The van der Waals surface area contributed by atoms with Crippen LogP contribution in [0.4, 0.5) is 5.69 Å². The number of nitrogen functional groups attached to an aromatic ring is 1. The van der Waals surface area contributed by atoms with E-state index >= 15 is 0 Å². The van der Waals surface area contributed by atoms with Crippen LogP contribution >= 0.6 is 39.1 Å². The number of anilines is 1. The van der Waals surface area contributed by atoms with Crippen LogP contribution in [-0.4, -0.2) is 4.98 Å². The summed E-state index contributed by atoms with van der Waals surface area (Å²) in [4.78, 5) is 4.51. The maximum atomic E-state index is 6.24. The largest absolute Gasteiger partial charge is 0.436 e. The van der Waals surface area contributed by atoms with Crippen molar-refractivity contribution >= 4 is 66.7 Å². The van der Waals surface area contributed by atoms with E-state index in [1.165, 1.54) is 0 Å². The van der Waals surface area contributed by atoms with Crippen molar-refractivity contribution in [2.75, 3.05) is 5.73 Å². The first-order chi connectivity index (χ1) is 11.1. The lowest BCUT2D eigenvalue weighted by Gasteiger charge is -2.04. The highest BCUT2D eigenvalue weighted by Gasteiger charge is 2.17. The van der Waals surface area contributed by atoms with Crippen molar-refractivity contribution in [3.05, 3.63) is 57.0 Å². The lowest BCUT2D eigenvalue weighted by molar-refractivity contribution is 0.620. The van der Waals surface area contributed by atoms with E-state index in [0.29, 0.717) is 32.7 Å². The Labute approximate surface area is 150 Å². The van der Waals surface area contributed by atoms with Gasteiger partial charge in [-0.1, -0.05) is 63.4 Å². The van der Waals surface area contributed by atoms with Crippen LogP contribution in [0.3, 0.4) is 0 Å². The van der Waals surface area contributed by atoms with Gasteiger partial charge in [0.25, 0.3) is 0 Å². The Bertz CT molecular complexity index is 1080. The van der Waals surface area contributed by atoms with Crippen LogP contribution in [0.5, 0.6) is 0 Å². The van der Waals surface area contributed by atoms with Gasteiger partial charge in [-0.2, -0.15) is 0 Å². The number of fused-ring (bicyclic) bond motifs is 2. The standard InChI is InChI=1S/C17H9BrCl2N2O/c18-11-6-2-3-8-9(11)4-1-5-10(8)17-22-16-13(23-17)7-12(19)15(21)14(16)20/h1-7H,21H2. The molecule has 114 valence electrons. The van der Waals surface area contributed by atoms with E-state index in [-0.39, 0.29) is 0 Å². The van der Waals surface area contributed by atoms with Crippen LogP contribution < -0.4 is 5.73 Å². The quantitative estimate of drug-likeness (QED) is 0.376. The van der Waals surface area contributed by atoms with Crippen LogP contribution in [0.25, 0.3) is 33.3 Å². The fourth-order valence-electron chi connectivity index (χ4n) is 2.59. The summed E-state index contributed by atoms with van der Waals surface area (Å²) in [6.07, 6.45) is 0. The Hall–Kier alpha value is -1.75. The first-order valence-corrected chi connectivity index (χ1v) is 8.33. The summed E-state index contributed by atoms with van der Waals surface area (Å²) in [7, 11) is 0. The van der Waals surface area contributed by atoms with Crippen molar-refractivity contribution in [3.63, 3.8) is 0 Å². The second kappa shape index (κ2) is 5.41. The molecule has 0 bridgehead atoms. The number of oxazole rings is 1. The number of nitrogens with zero attached hydrogens (tertiary/aromatic N) is 1. The molecule has 0 radical (unpaired) electrons. The highest BCUT2D eigenvalue weighted by molar-refractivity contribution is 9.10. The smallest absolute Gasteiger partial charge is 0.227 e. The van der Waals surface area contributed by atoms with Gasteiger partial charge in [-0.05, 0) is 22.9 Å². The zero-order valence-electron chi connectivity index (χ0n) is 11.6. The van der Waals surface area contributed by atoms with Crippen molar-refractivity contribution in [2.24, 2.45) is 0 Å². The number of benzene rings is 3. The molecule has 2 N–H and O–H groups in total. The van der Waals surface area contributed by atoms with Crippen molar-refractivity contribution in [3.8, 4) is 11.5 Å². The number of aromatic nitrogens is 1. The maximum absolute atomic E-state index is 6.24. The monoisotopic (exact) mass is 406 g/mol. The molecule has 4 rings (SSSR count). The van der Waals surface area contributed by atoms with Gasteiger partial charge in [-0.25, -0.2) is 4.98 Å². The van der Waals surface area contributed by atoms with Gasteiger partial charge in [0, 0.05) is 16.1 Å². The van der Waals surface area contributed by atoms with Gasteiger partial charge < -0.3 is 10.2 Å². The predicted octanol–water partition coefficient (Wildman–Crippen LogP) is 6.30. The third-order valence-electron chi connectivity index (χ3n) is 3.71. The summed E-state index contributed by atoms with van der Waals surface area (Å²) in [5.41, 5.74) is 8.06. The molecule has 0 aliphatic heterocycles. The van der Waals surface area contributed by atoms with E-state index < -0.39 is 0 Å². The minimum atomic E-state index is 0.307. The molecule has 6 heteroatoms. The van der Waals surface area contributed by atoms with Crippen molar-refractivity contribution < 1.29 is 4.42 Å². The van der Waals surface area contributed by atoms with Crippen LogP contribution in [-0.2, 0) is 0 Å². The molecule has 0 saturated heterocycles. The Morgan fingerprint density at radius 2 is 1.78 bits per heavy atom. The molecule has 0 aliphatic rings. The fraction of sp³-hybridized carbons (Fsp3) is 0. The molecule has 0 fully saturated rings. The Morgan fingerprint density at radius 1 is 1.04 bits per heavy atom. The lowest BCUT2D eigenvalue weighted by Crippen LogP contribution is -1.88. The second-order valence-electron chi connectivity index (χ2n) is 5.09. The lowest BCUT2D eigenvalue weighted by atomic mass is 10.0. The van der Waals surface area contributed by atoms with Crippen LogP contribution in [0.15, 0.2) is 51.4 Å². The molecule has 0 unspecified atom stereocenters. The third kappa shape index (κ3) is 2.29. The van der Waals surface area contributed by atoms with Gasteiger partial charge in [0.2, 0.25) is 5.89 Å². The van der Waals surface area contributed by atoms with Gasteiger partial charge in [0.15, 0.2) is 5.58 Å². The Morgan fingerprint density at radius 3 is 2.61 bits per heavy atom. The molecule has 0 aliphatic carbocycles. The van der Waals surface area contributed by atoms with E-state index in [1.54, 1.807) is 6.07 Å². The summed E-state index contributed by atoms with van der Waals surface area (Å²) >= 11 is 15.9. The minimum absolute atomic E-state index is 0.307. The summed E-state index contributed by atoms with van der Waals surface area (Å²) in [5.74, 6) is 0.479. The molecule has 0 saturated carbocycles. The average molecular weight is 408 g/mol.